The molecule has 0 saturated heterocycles. The van der Waals surface area contributed by atoms with E-state index < -0.39 is 0 Å². The summed E-state index contributed by atoms with van der Waals surface area (Å²) in [6, 6.07) is 18.5. The number of ether oxygens (including phenoxy) is 2. The van der Waals surface area contributed by atoms with Crippen LogP contribution in [0.3, 0.4) is 0 Å². The van der Waals surface area contributed by atoms with Crippen LogP contribution in [0.25, 0.3) is 22.4 Å². The van der Waals surface area contributed by atoms with E-state index in [2.05, 4.69) is 42.2 Å². The van der Waals surface area contributed by atoms with Crippen LogP contribution in [0.4, 0.5) is 0 Å². The highest BCUT2D eigenvalue weighted by molar-refractivity contribution is 5.82. The van der Waals surface area contributed by atoms with Crippen molar-refractivity contribution in [1.82, 2.24) is 4.98 Å². The molecule has 0 aliphatic carbocycles. The molecule has 1 N–H and O–H groups in total. The first kappa shape index (κ1) is 15.2. The van der Waals surface area contributed by atoms with Crippen molar-refractivity contribution >= 4 is 0 Å². The summed E-state index contributed by atoms with van der Waals surface area (Å²) < 4.78 is 10.5. The van der Waals surface area contributed by atoms with Gasteiger partial charge in [0.15, 0.2) is 0 Å². The Morgan fingerprint density at radius 3 is 1.78 bits per heavy atom. The second-order valence-electron chi connectivity index (χ2n) is 5.39. The summed E-state index contributed by atoms with van der Waals surface area (Å²) in [4.78, 5) is 3.54. The van der Waals surface area contributed by atoms with Crippen LogP contribution >= 0.6 is 0 Å². The van der Waals surface area contributed by atoms with Crippen molar-refractivity contribution in [2.75, 3.05) is 14.2 Å². The van der Waals surface area contributed by atoms with Crippen LogP contribution < -0.4 is 9.47 Å². The van der Waals surface area contributed by atoms with Gasteiger partial charge in [-0.15, -0.1) is 0 Å². The molecule has 3 rings (SSSR count). The highest BCUT2D eigenvalue weighted by atomic mass is 16.5. The molecule has 0 amide bonds. The third-order valence-corrected chi connectivity index (χ3v) is 4.03. The van der Waals surface area contributed by atoms with Crippen molar-refractivity contribution in [3.8, 4) is 33.9 Å². The Balaban J connectivity index is 2.06. The molecule has 23 heavy (non-hydrogen) atoms. The maximum Gasteiger partial charge on any atom is 0.118 e. The Hall–Kier alpha value is -2.68. The number of methoxy groups -OCH3 is 2. The van der Waals surface area contributed by atoms with Gasteiger partial charge in [-0.1, -0.05) is 19.1 Å². The van der Waals surface area contributed by atoms with E-state index in [0.29, 0.717) is 0 Å². The van der Waals surface area contributed by atoms with Gasteiger partial charge in [-0.2, -0.15) is 0 Å². The lowest BCUT2D eigenvalue weighted by Crippen LogP contribution is -1.86. The number of hydrogen-bond donors (Lipinski definition) is 1. The fourth-order valence-electron chi connectivity index (χ4n) is 2.68. The van der Waals surface area contributed by atoms with Gasteiger partial charge in [-0.25, -0.2) is 0 Å². The van der Waals surface area contributed by atoms with E-state index in [1.807, 2.05) is 24.3 Å². The molecular formula is C20H21NO2. The molecule has 0 saturated carbocycles. The standard InChI is InChI=1S/C20H21NO2/c1-4-16-13-19(14-5-9-17(22-2)10-6-14)20(21-16)15-7-11-18(23-3)12-8-15/h5-13,21H,4H2,1-3H3. The lowest BCUT2D eigenvalue weighted by atomic mass is 10.0. The number of aryl methyl sites for hydroxylation is 1. The fourth-order valence-corrected chi connectivity index (χ4v) is 2.68. The first-order valence-electron chi connectivity index (χ1n) is 7.76. The first-order valence-corrected chi connectivity index (χ1v) is 7.76. The van der Waals surface area contributed by atoms with Crippen molar-refractivity contribution in [2.45, 2.75) is 13.3 Å². The number of benzene rings is 2. The van der Waals surface area contributed by atoms with Crippen molar-refractivity contribution in [3.63, 3.8) is 0 Å². The summed E-state index contributed by atoms with van der Waals surface area (Å²) in [6.07, 6.45) is 0.972. The summed E-state index contributed by atoms with van der Waals surface area (Å²) in [6.45, 7) is 2.15. The molecule has 3 heteroatoms. The molecule has 0 spiro atoms. The molecule has 3 nitrogen and oxygen atoms in total. The van der Waals surface area contributed by atoms with Gasteiger partial charge in [0.2, 0.25) is 0 Å². The van der Waals surface area contributed by atoms with Crippen molar-refractivity contribution in [3.05, 3.63) is 60.3 Å². The topological polar surface area (TPSA) is 34.2 Å². The fraction of sp³-hybridized carbons (Fsp3) is 0.200. The number of rotatable bonds is 5. The maximum absolute atomic E-state index is 5.25. The van der Waals surface area contributed by atoms with Gasteiger partial charge in [0, 0.05) is 11.3 Å². The molecule has 0 radical (unpaired) electrons. The van der Waals surface area contributed by atoms with Crippen LogP contribution in [0.5, 0.6) is 11.5 Å². The molecule has 0 bridgehead atoms. The third kappa shape index (κ3) is 3.09. The zero-order valence-corrected chi connectivity index (χ0v) is 13.7. The molecule has 0 atom stereocenters. The van der Waals surface area contributed by atoms with E-state index in [1.165, 1.54) is 16.8 Å². The van der Waals surface area contributed by atoms with Crippen molar-refractivity contribution in [2.24, 2.45) is 0 Å². The highest BCUT2D eigenvalue weighted by Crippen LogP contribution is 2.34. The average molecular weight is 307 g/mol. The minimum atomic E-state index is 0.863. The van der Waals surface area contributed by atoms with Crippen LogP contribution in [0.1, 0.15) is 12.6 Å². The monoisotopic (exact) mass is 307 g/mol. The lowest BCUT2D eigenvalue weighted by Gasteiger charge is -2.07. The quantitative estimate of drug-likeness (QED) is 0.725. The second-order valence-corrected chi connectivity index (χ2v) is 5.39. The summed E-state index contributed by atoms with van der Waals surface area (Å²) in [7, 11) is 3.37. The molecule has 0 fully saturated rings. The first-order chi connectivity index (χ1) is 11.2. The Morgan fingerprint density at radius 1 is 0.783 bits per heavy atom. The third-order valence-electron chi connectivity index (χ3n) is 4.03. The van der Waals surface area contributed by atoms with Gasteiger partial charge in [0.1, 0.15) is 11.5 Å². The number of aromatic nitrogens is 1. The zero-order chi connectivity index (χ0) is 16.2. The summed E-state index contributed by atoms with van der Waals surface area (Å²) in [5, 5.41) is 0. The molecular weight excluding hydrogens is 286 g/mol. The molecule has 3 aromatic rings. The smallest absolute Gasteiger partial charge is 0.118 e. The number of nitrogens with one attached hydrogen (secondary N) is 1. The van der Waals surface area contributed by atoms with Crippen LogP contribution in [0.2, 0.25) is 0 Å². The lowest BCUT2D eigenvalue weighted by molar-refractivity contribution is 0.414. The zero-order valence-electron chi connectivity index (χ0n) is 13.7. The minimum Gasteiger partial charge on any atom is -0.497 e. The summed E-state index contributed by atoms with van der Waals surface area (Å²) >= 11 is 0. The van der Waals surface area contributed by atoms with E-state index in [0.717, 1.165) is 29.2 Å². The Kier molecular flexibility index (Phi) is 4.38. The Morgan fingerprint density at radius 2 is 1.30 bits per heavy atom. The Labute approximate surface area is 136 Å². The minimum absolute atomic E-state index is 0.863. The van der Waals surface area contributed by atoms with E-state index in [9.17, 15) is 0 Å². The maximum atomic E-state index is 5.25. The molecule has 0 unspecified atom stereocenters. The summed E-state index contributed by atoms with van der Waals surface area (Å²) in [5.74, 6) is 1.73. The predicted octanol–water partition coefficient (Wildman–Crippen LogP) is 4.93. The van der Waals surface area contributed by atoms with Crippen LogP contribution in [-0.2, 0) is 6.42 Å². The molecule has 0 aliphatic heterocycles. The van der Waals surface area contributed by atoms with E-state index >= 15 is 0 Å². The van der Waals surface area contributed by atoms with Crippen molar-refractivity contribution in [1.29, 1.82) is 0 Å². The van der Waals surface area contributed by atoms with E-state index in [-0.39, 0.29) is 0 Å². The molecule has 1 heterocycles. The largest absolute Gasteiger partial charge is 0.497 e. The number of aromatic amines is 1. The number of H-pyrrole nitrogens is 1. The van der Waals surface area contributed by atoms with Gasteiger partial charge < -0.3 is 14.5 Å². The Bertz CT molecular complexity index is 705. The van der Waals surface area contributed by atoms with Crippen LogP contribution in [0, 0.1) is 0 Å². The molecule has 2 aromatic carbocycles. The second kappa shape index (κ2) is 6.61. The van der Waals surface area contributed by atoms with Crippen LogP contribution in [0.15, 0.2) is 54.6 Å². The molecule has 1 aromatic heterocycles. The normalized spacial score (nSPS) is 10.6. The highest BCUT2D eigenvalue weighted by Gasteiger charge is 2.12. The molecule has 118 valence electrons. The predicted molar refractivity (Wildman–Crippen MR) is 94.1 cm³/mol. The van der Waals surface area contributed by atoms with E-state index in [1.54, 1.807) is 14.2 Å². The van der Waals surface area contributed by atoms with Gasteiger partial charge in [0.25, 0.3) is 0 Å². The number of hydrogen-bond acceptors (Lipinski definition) is 2. The van der Waals surface area contributed by atoms with Gasteiger partial charge in [-0.3, -0.25) is 0 Å². The molecule has 0 aliphatic rings. The SMILES string of the molecule is CCc1cc(-c2ccc(OC)cc2)c(-c2ccc(OC)cc2)[nH]1. The van der Waals surface area contributed by atoms with E-state index in [4.69, 9.17) is 9.47 Å². The van der Waals surface area contributed by atoms with Gasteiger partial charge >= 0.3 is 0 Å². The van der Waals surface area contributed by atoms with Gasteiger partial charge in [-0.05, 0) is 60.0 Å². The van der Waals surface area contributed by atoms with Crippen LogP contribution in [-0.4, -0.2) is 19.2 Å². The van der Waals surface area contributed by atoms with Gasteiger partial charge in [0.05, 0.1) is 19.9 Å². The summed E-state index contributed by atoms with van der Waals surface area (Å²) in [5.41, 5.74) is 5.88. The van der Waals surface area contributed by atoms with Crippen molar-refractivity contribution < 1.29 is 9.47 Å². The average Bonchev–Trinajstić information content (AvgIpc) is 3.06.